The highest BCUT2D eigenvalue weighted by Crippen LogP contribution is 2.37. The average molecular weight is 695 g/mol. The lowest BCUT2D eigenvalue weighted by Crippen LogP contribution is -2.66. The molecule has 2 fully saturated rings. The molecule has 0 bridgehead atoms. The molecule has 19 heteroatoms. The Morgan fingerprint density at radius 1 is 0.468 bits per heavy atom. The molecule has 2 saturated heterocycles. The highest BCUT2D eigenvalue weighted by Gasteiger charge is 2.57. The van der Waals surface area contributed by atoms with Crippen LogP contribution in [0.25, 0.3) is 0 Å². The van der Waals surface area contributed by atoms with Gasteiger partial charge in [-0.15, -0.1) is 0 Å². The molecule has 10 atom stereocenters. The number of esters is 7. The van der Waals surface area contributed by atoms with E-state index in [4.69, 9.17) is 47.4 Å². The van der Waals surface area contributed by atoms with Gasteiger partial charge in [0.05, 0.1) is 0 Å². The zero-order valence-corrected chi connectivity index (χ0v) is 27.8. The van der Waals surface area contributed by atoms with E-state index in [1.807, 2.05) is 0 Å². The van der Waals surface area contributed by atoms with Gasteiger partial charge in [0.25, 0.3) is 0 Å². The summed E-state index contributed by atoms with van der Waals surface area (Å²) in [6, 6.07) is 0. The largest absolute Gasteiger partial charge is 0.463 e. The Morgan fingerprint density at radius 2 is 0.851 bits per heavy atom. The number of carbonyl (C=O) groups is 8. The number of ether oxygens (including phenoxy) is 10. The average Bonchev–Trinajstić information content (AvgIpc) is 2.91. The highest BCUT2D eigenvalue weighted by atomic mass is 32.2. The highest BCUT2D eigenvalue weighted by molar-refractivity contribution is 8.14. The van der Waals surface area contributed by atoms with Crippen LogP contribution in [-0.4, -0.2) is 121 Å². The summed E-state index contributed by atoms with van der Waals surface area (Å²) in [7, 11) is 0. The van der Waals surface area contributed by atoms with Gasteiger partial charge in [-0.25, -0.2) is 0 Å². The minimum absolute atomic E-state index is 0.473. The smallest absolute Gasteiger partial charge is 0.303 e. The molecule has 47 heavy (non-hydrogen) atoms. The maximum Gasteiger partial charge on any atom is 0.303 e. The van der Waals surface area contributed by atoms with Crippen LogP contribution in [0.5, 0.6) is 0 Å². The maximum absolute atomic E-state index is 12.3. The number of rotatable bonds is 12. The van der Waals surface area contributed by atoms with Gasteiger partial charge in [-0.05, 0) is 0 Å². The molecule has 2 heterocycles. The summed E-state index contributed by atoms with van der Waals surface area (Å²) in [6.45, 7) is 7.47. The Kier molecular flexibility index (Phi) is 15.0. The van der Waals surface area contributed by atoms with Crippen molar-refractivity contribution in [1.29, 1.82) is 0 Å². The summed E-state index contributed by atoms with van der Waals surface area (Å²) >= 11 is 0.594. The normalized spacial score (nSPS) is 30.1. The molecule has 0 amide bonds. The third kappa shape index (κ3) is 12.4. The molecule has 6 unspecified atom stereocenters. The minimum atomic E-state index is -1.79. The van der Waals surface area contributed by atoms with Gasteiger partial charge in [0.1, 0.15) is 31.5 Å². The van der Waals surface area contributed by atoms with E-state index in [0.29, 0.717) is 11.8 Å². The molecule has 0 aromatic rings. The first-order valence-corrected chi connectivity index (χ1v) is 15.0. The molecule has 0 aromatic heterocycles. The van der Waals surface area contributed by atoms with Gasteiger partial charge in [0, 0.05) is 55.4 Å². The van der Waals surface area contributed by atoms with Gasteiger partial charge < -0.3 is 47.4 Å². The van der Waals surface area contributed by atoms with Crippen LogP contribution in [0.3, 0.4) is 0 Å². The van der Waals surface area contributed by atoms with E-state index in [0.717, 1.165) is 48.5 Å². The molecular weight excluding hydrogens is 656 g/mol. The fraction of sp³-hybridized carbons (Fsp3) is 0.714. The number of thioether (sulfide) groups is 1. The van der Waals surface area contributed by atoms with Gasteiger partial charge >= 0.3 is 41.8 Å². The molecule has 0 aromatic carbocycles. The number of hydrogen-bond acceptors (Lipinski definition) is 19. The summed E-state index contributed by atoms with van der Waals surface area (Å²) < 4.78 is 55.5. The predicted octanol–water partition coefficient (Wildman–Crippen LogP) is -0.114. The lowest BCUT2D eigenvalue weighted by molar-refractivity contribution is -0.341. The second-order valence-corrected chi connectivity index (χ2v) is 11.5. The Balaban J connectivity index is 2.73. The Bertz CT molecular complexity index is 1200. The first-order chi connectivity index (χ1) is 21.9. The third-order valence-electron chi connectivity index (χ3n) is 6.17. The van der Waals surface area contributed by atoms with Crippen molar-refractivity contribution in [2.75, 3.05) is 13.2 Å². The van der Waals surface area contributed by atoms with Crippen LogP contribution in [0.2, 0.25) is 0 Å². The Morgan fingerprint density at radius 3 is 1.28 bits per heavy atom. The Labute approximate surface area is 273 Å². The SMILES string of the molecule is CC(=O)OCC1O[C@H](O[C@@H]2C(COC(C)=O)O[C@@H](SC(C)=O)C(OC(C)=O)C2OC(C)=O)C(OC(C)=O)C(OC(C)=O)[C@@H]1OC(C)=O. The molecule has 0 spiro atoms. The molecule has 2 aliphatic heterocycles. The first kappa shape index (κ1) is 39.4. The first-order valence-electron chi connectivity index (χ1n) is 14.2. The summed E-state index contributed by atoms with van der Waals surface area (Å²) in [5.74, 6) is -5.93. The zero-order chi connectivity index (χ0) is 35.6. The molecule has 264 valence electrons. The quantitative estimate of drug-likeness (QED) is 0.192. The minimum Gasteiger partial charge on any atom is -0.463 e. The fourth-order valence-corrected chi connectivity index (χ4v) is 5.60. The standard InChI is InChI=1S/C28H38O18S/c1-11(29)37-9-19-21(39-13(3)31)23(40-14(4)32)25(42-16(6)34)27(44-19)46-22-20(10-38-12(2)30)45-28(47-18(8)36)26(43-17(7)35)24(22)41-15(5)33/h19-28H,9-10H2,1-8H3/t19?,20?,21-,22-,23?,24?,25?,26?,27-,28+/m1/s1. The van der Waals surface area contributed by atoms with Crippen molar-refractivity contribution in [3.05, 3.63) is 0 Å². The molecule has 18 nitrogen and oxygen atoms in total. The van der Waals surface area contributed by atoms with E-state index in [-0.39, 0.29) is 0 Å². The van der Waals surface area contributed by atoms with Crippen LogP contribution < -0.4 is 0 Å². The van der Waals surface area contributed by atoms with E-state index < -0.39 is 121 Å². The second kappa shape index (κ2) is 17.9. The molecular formula is C28H38O18S. The zero-order valence-electron chi connectivity index (χ0n) is 26.9. The fourth-order valence-electron chi connectivity index (χ4n) is 4.73. The van der Waals surface area contributed by atoms with Gasteiger partial charge in [0.15, 0.2) is 47.4 Å². The molecule has 2 aliphatic rings. The molecule has 0 saturated carbocycles. The van der Waals surface area contributed by atoms with Gasteiger partial charge in [-0.3, -0.25) is 38.4 Å². The maximum atomic E-state index is 12.3. The van der Waals surface area contributed by atoms with Crippen molar-refractivity contribution in [1.82, 2.24) is 0 Å². The van der Waals surface area contributed by atoms with Crippen molar-refractivity contribution in [3.63, 3.8) is 0 Å². The van der Waals surface area contributed by atoms with Crippen molar-refractivity contribution >= 4 is 58.7 Å². The van der Waals surface area contributed by atoms with Crippen molar-refractivity contribution in [3.8, 4) is 0 Å². The summed E-state index contributed by atoms with van der Waals surface area (Å²) in [5.41, 5.74) is -1.29. The van der Waals surface area contributed by atoms with E-state index in [2.05, 4.69) is 0 Å². The van der Waals surface area contributed by atoms with Crippen molar-refractivity contribution in [2.24, 2.45) is 0 Å². The topological polar surface area (TPSA) is 229 Å². The second-order valence-electron chi connectivity index (χ2n) is 10.3. The van der Waals surface area contributed by atoms with E-state index in [1.54, 1.807) is 0 Å². The van der Waals surface area contributed by atoms with Crippen LogP contribution in [0, 0.1) is 0 Å². The van der Waals surface area contributed by atoms with Crippen LogP contribution in [0.1, 0.15) is 55.4 Å². The lowest BCUT2D eigenvalue weighted by Gasteiger charge is -2.48. The van der Waals surface area contributed by atoms with Gasteiger partial charge in [-0.1, -0.05) is 11.8 Å². The number of carbonyl (C=O) groups excluding carboxylic acids is 8. The molecule has 0 aliphatic carbocycles. The Hall–Kier alpha value is -3.81. The summed E-state index contributed by atoms with van der Waals surface area (Å²) in [4.78, 5) is 96.6. The predicted molar refractivity (Wildman–Crippen MR) is 152 cm³/mol. The van der Waals surface area contributed by atoms with Crippen LogP contribution in [0.4, 0.5) is 0 Å². The van der Waals surface area contributed by atoms with Gasteiger partial charge in [0.2, 0.25) is 0 Å². The molecule has 0 radical (unpaired) electrons. The molecule has 0 N–H and O–H groups in total. The summed E-state index contributed by atoms with van der Waals surface area (Å²) in [5, 5.41) is -0.473. The van der Waals surface area contributed by atoms with E-state index in [1.165, 1.54) is 6.92 Å². The monoisotopic (exact) mass is 694 g/mol. The van der Waals surface area contributed by atoms with Crippen molar-refractivity contribution in [2.45, 2.75) is 116 Å². The van der Waals surface area contributed by atoms with Crippen LogP contribution in [0.15, 0.2) is 0 Å². The molecule has 2 rings (SSSR count). The van der Waals surface area contributed by atoms with Crippen LogP contribution in [-0.2, 0) is 85.7 Å². The van der Waals surface area contributed by atoms with E-state index in [9.17, 15) is 38.4 Å². The van der Waals surface area contributed by atoms with Crippen LogP contribution >= 0.6 is 11.8 Å². The van der Waals surface area contributed by atoms with Crippen molar-refractivity contribution < 1.29 is 85.7 Å². The van der Waals surface area contributed by atoms with E-state index >= 15 is 0 Å². The number of hydrogen-bond donors (Lipinski definition) is 0. The lowest BCUT2D eigenvalue weighted by atomic mass is 9.96. The van der Waals surface area contributed by atoms with Gasteiger partial charge in [-0.2, -0.15) is 0 Å². The summed E-state index contributed by atoms with van der Waals surface area (Å²) in [6.07, 6.45) is -14.0. The third-order valence-corrected chi connectivity index (χ3v) is 7.11.